The number of benzene rings is 3. The zero-order valence-electron chi connectivity index (χ0n) is 13.1. The van der Waals surface area contributed by atoms with Gasteiger partial charge in [-0.1, -0.05) is 54.1 Å². The lowest BCUT2D eigenvalue weighted by Gasteiger charge is -2.09. The molecule has 1 aromatic heterocycles. The van der Waals surface area contributed by atoms with Gasteiger partial charge in [-0.25, -0.2) is 0 Å². The van der Waals surface area contributed by atoms with Crippen LogP contribution in [0.4, 0.5) is 0 Å². The second-order valence-electron chi connectivity index (χ2n) is 5.96. The highest BCUT2D eigenvalue weighted by Gasteiger charge is 2.10. The molecule has 0 unspecified atom stereocenters. The Bertz CT molecular complexity index is 1110. The first-order valence-corrected chi connectivity index (χ1v) is 8.48. The van der Waals surface area contributed by atoms with Gasteiger partial charge >= 0.3 is 0 Å². The fourth-order valence-electron chi connectivity index (χ4n) is 3.02. The summed E-state index contributed by atoms with van der Waals surface area (Å²) in [6, 6.07) is 20.4. The zero-order valence-corrected chi connectivity index (χ0v) is 13.9. The highest BCUT2D eigenvalue weighted by Crippen LogP contribution is 2.34. The van der Waals surface area contributed by atoms with Gasteiger partial charge in [0.05, 0.1) is 0 Å². The van der Waals surface area contributed by atoms with Crippen LogP contribution in [0.5, 0.6) is 0 Å². The zero-order chi connectivity index (χ0) is 16.0. The fourth-order valence-corrected chi connectivity index (χ4v) is 4.31. The molecule has 0 aliphatic rings. The van der Waals surface area contributed by atoms with Crippen LogP contribution in [0, 0.1) is 13.8 Å². The molecule has 4 rings (SSSR count). The molecule has 0 amide bonds. The SMILES string of the molecule is Cc1ccc(C)c(-c2cc(=O)c3ccc4ccccc4c3s2)c1. The van der Waals surface area contributed by atoms with Gasteiger partial charge in [0.2, 0.25) is 0 Å². The van der Waals surface area contributed by atoms with E-state index in [2.05, 4.69) is 44.2 Å². The summed E-state index contributed by atoms with van der Waals surface area (Å²) in [4.78, 5) is 13.7. The second-order valence-corrected chi connectivity index (χ2v) is 7.01. The second kappa shape index (κ2) is 5.32. The van der Waals surface area contributed by atoms with E-state index in [1.807, 2.05) is 24.3 Å². The summed E-state index contributed by atoms with van der Waals surface area (Å²) in [6.07, 6.45) is 0. The van der Waals surface area contributed by atoms with Crippen molar-refractivity contribution in [3.63, 3.8) is 0 Å². The van der Waals surface area contributed by atoms with Gasteiger partial charge < -0.3 is 0 Å². The van der Waals surface area contributed by atoms with Gasteiger partial charge in [-0.3, -0.25) is 4.79 Å². The van der Waals surface area contributed by atoms with Gasteiger partial charge in [0, 0.05) is 21.0 Å². The predicted molar refractivity (Wildman–Crippen MR) is 101 cm³/mol. The molecule has 0 saturated carbocycles. The Kier molecular flexibility index (Phi) is 3.28. The number of hydrogen-bond donors (Lipinski definition) is 0. The third kappa shape index (κ3) is 2.36. The van der Waals surface area contributed by atoms with Crippen molar-refractivity contribution >= 4 is 32.2 Å². The maximum Gasteiger partial charge on any atom is 0.188 e. The number of hydrogen-bond acceptors (Lipinski definition) is 2. The molecule has 0 spiro atoms. The first-order chi connectivity index (χ1) is 11.1. The summed E-state index contributed by atoms with van der Waals surface area (Å²) < 4.78 is 1.08. The van der Waals surface area contributed by atoms with Crippen molar-refractivity contribution in [2.24, 2.45) is 0 Å². The maximum absolute atomic E-state index is 12.6. The highest BCUT2D eigenvalue weighted by molar-refractivity contribution is 7.22. The Labute approximate surface area is 138 Å². The largest absolute Gasteiger partial charge is 0.289 e. The Morgan fingerprint density at radius 3 is 2.52 bits per heavy atom. The van der Waals surface area contributed by atoms with Gasteiger partial charge in [-0.2, -0.15) is 0 Å². The van der Waals surface area contributed by atoms with E-state index < -0.39 is 0 Å². The van der Waals surface area contributed by atoms with E-state index in [-0.39, 0.29) is 5.43 Å². The maximum atomic E-state index is 12.6. The van der Waals surface area contributed by atoms with E-state index in [9.17, 15) is 4.79 Å². The number of fused-ring (bicyclic) bond motifs is 3. The molecule has 1 nitrogen and oxygen atoms in total. The lowest BCUT2D eigenvalue weighted by Crippen LogP contribution is -1.99. The van der Waals surface area contributed by atoms with Crippen molar-refractivity contribution < 1.29 is 0 Å². The quantitative estimate of drug-likeness (QED) is 0.412. The molecule has 0 aliphatic heterocycles. The monoisotopic (exact) mass is 316 g/mol. The molecule has 0 N–H and O–H groups in total. The van der Waals surface area contributed by atoms with E-state index in [4.69, 9.17) is 0 Å². The normalized spacial score (nSPS) is 11.2. The van der Waals surface area contributed by atoms with Gasteiger partial charge in [0.25, 0.3) is 0 Å². The average molecular weight is 316 g/mol. The molecule has 112 valence electrons. The molecule has 1 heterocycles. The molecule has 0 atom stereocenters. The molecule has 23 heavy (non-hydrogen) atoms. The van der Waals surface area contributed by atoms with Gasteiger partial charge in [0.15, 0.2) is 5.43 Å². The Hall–Kier alpha value is -2.45. The molecule has 3 aromatic carbocycles. The predicted octanol–water partition coefficient (Wildman–Crippen LogP) is 5.70. The summed E-state index contributed by atoms with van der Waals surface area (Å²) in [6.45, 7) is 4.18. The lowest BCUT2D eigenvalue weighted by molar-refractivity contribution is 1.40. The molecule has 0 aliphatic carbocycles. The summed E-state index contributed by atoms with van der Waals surface area (Å²) >= 11 is 1.71. The average Bonchev–Trinajstić information content (AvgIpc) is 2.56. The third-order valence-corrected chi connectivity index (χ3v) is 5.48. The standard InChI is InChI=1S/C21H16OS/c1-13-7-8-14(2)18(11-13)20-12-19(22)17-10-9-15-5-3-4-6-16(15)21(17)23-20/h3-12H,1-2H3. The number of rotatable bonds is 1. The highest BCUT2D eigenvalue weighted by atomic mass is 32.1. The van der Waals surface area contributed by atoms with E-state index in [1.165, 1.54) is 16.5 Å². The van der Waals surface area contributed by atoms with Crippen molar-refractivity contribution in [2.75, 3.05) is 0 Å². The summed E-state index contributed by atoms with van der Waals surface area (Å²) in [5, 5.41) is 3.13. The Morgan fingerprint density at radius 1 is 0.826 bits per heavy atom. The van der Waals surface area contributed by atoms with Crippen molar-refractivity contribution in [1.82, 2.24) is 0 Å². The van der Waals surface area contributed by atoms with Crippen LogP contribution in [-0.4, -0.2) is 0 Å². The summed E-state index contributed by atoms with van der Waals surface area (Å²) in [5.74, 6) is 0. The first kappa shape index (κ1) is 14.2. The molecule has 4 aromatic rings. The van der Waals surface area contributed by atoms with Crippen molar-refractivity contribution in [3.05, 3.63) is 82.0 Å². The van der Waals surface area contributed by atoms with Crippen LogP contribution in [0.3, 0.4) is 0 Å². The van der Waals surface area contributed by atoms with Crippen LogP contribution in [0.15, 0.2) is 65.5 Å². The lowest BCUT2D eigenvalue weighted by atomic mass is 10.0. The fraction of sp³-hybridized carbons (Fsp3) is 0.0952. The first-order valence-electron chi connectivity index (χ1n) is 7.67. The van der Waals surface area contributed by atoms with Gasteiger partial charge in [-0.05, 0) is 41.8 Å². The molecule has 0 saturated heterocycles. The smallest absolute Gasteiger partial charge is 0.188 e. The molecule has 2 heteroatoms. The number of aryl methyl sites for hydroxylation is 2. The van der Waals surface area contributed by atoms with Crippen molar-refractivity contribution in [1.29, 1.82) is 0 Å². The summed E-state index contributed by atoms with van der Waals surface area (Å²) in [7, 11) is 0. The van der Waals surface area contributed by atoms with Crippen LogP contribution in [-0.2, 0) is 0 Å². The van der Waals surface area contributed by atoms with Crippen LogP contribution in [0.2, 0.25) is 0 Å². The van der Waals surface area contributed by atoms with Crippen LogP contribution < -0.4 is 5.43 Å². The minimum atomic E-state index is 0.0976. The summed E-state index contributed by atoms with van der Waals surface area (Å²) in [5.41, 5.74) is 3.66. The van der Waals surface area contributed by atoms with E-state index in [1.54, 1.807) is 17.4 Å². The topological polar surface area (TPSA) is 17.1 Å². The Morgan fingerprint density at radius 2 is 1.65 bits per heavy atom. The van der Waals surface area contributed by atoms with E-state index >= 15 is 0 Å². The molecular formula is C21H16OS. The van der Waals surface area contributed by atoms with Crippen LogP contribution >= 0.6 is 11.3 Å². The molecule has 0 radical (unpaired) electrons. The minimum Gasteiger partial charge on any atom is -0.289 e. The van der Waals surface area contributed by atoms with Crippen molar-refractivity contribution in [2.45, 2.75) is 13.8 Å². The van der Waals surface area contributed by atoms with E-state index in [0.717, 1.165) is 25.9 Å². The molecule has 0 fully saturated rings. The van der Waals surface area contributed by atoms with Crippen molar-refractivity contribution in [3.8, 4) is 10.4 Å². The Balaban J connectivity index is 2.12. The molecule has 0 bridgehead atoms. The van der Waals surface area contributed by atoms with Gasteiger partial charge in [0.1, 0.15) is 0 Å². The molecular weight excluding hydrogens is 300 g/mol. The van der Waals surface area contributed by atoms with Gasteiger partial charge in [-0.15, -0.1) is 11.3 Å². The third-order valence-electron chi connectivity index (χ3n) is 4.28. The van der Waals surface area contributed by atoms with Crippen LogP contribution in [0.25, 0.3) is 31.3 Å². The van der Waals surface area contributed by atoms with Crippen LogP contribution in [0.1, 0.15) is 11.1 Å². The minimum absolute atomic E-state index is 0.0976. The van der Waals surface area contributed by atoms with E-state index in [0.29, 0.717) is 0 Å².